The maximum atomic E-state index is 12.2. The number of ether oxygens (including phenoxy) is 2. The summed E-state index contributed by atoms with van der Waals surface area (Å²) in [5.74, 6) is 1.53. The van der Waals surface area contributed by atoms with Crippen molar-refractivity contribution in [2.24, 2.45) is 0 Å². The second-order valence-electron chi connectivity index (χ2n) is 6.18. The monoisotopic (exact) mass is 403 g/mol. The molecule has 0 radical (unpaired) electrons. The number of rotatable bonds is 4. The van der Waals surface area contributed by atoms with Gasteiger partial charge in [0.15, 0.2) is 11.5 Å². The number of halogens is 1. The minimum atomic E-state index is -0.0141. The van der Waals surface area contributed by atoms with Gasteiger partial charge in [0.25, 0.3) is 0 Å². The summed E-state index contributed by atoms with van der Waals surface area (Å²) < 4.78 is 12.0. The molecule has 0 spiro atoms. The van der Waals surface area contributed by atoms with Gasteiger partial charge in [-0.1, -0.05) is 34.1 Å². The second-order valence-corrected chi connectivity index (χ2v) is 7.03. The van der Waals surface area contributed by atoms with Gasteiger partial charge in [-0.2, -0.15) is 0 Å². The molecule has 1 aliphatic heterocycles. The predicted molar refractivity (Wildman–Crippen MR) is 101 cm³/mol. The lowest BCUT2D eigenvalue weighted by Gasteiger charge is -2.37. The summed E-state index contributed by atoms with van der Waals surface area (Å²) in [7, 11) is 3.28. The van der Waals surface area contributed by atoms with Gasteiger partial charge in [0.05, 0.1) is 20.3 Å². The average Bonchev–Trinajstić information content (AvgIpc) is 2.62. The lowest BCUT2D eigenvalue weighted by molar-refractivity contribution is -0.131. The maximum Gasteiger partial charge on any atom is 0.219 e. The second kappa shape index (κ2) is 7.48. The van der Waals surface area contributed by atoms with E-state index >= 15 is 0 Å². The van der Waals surface area contributed by atoms with Gasteiger partial charge in [0, 0.05) is 17.9 Å². The molecule has 1 heterocycles. The first-order chi connectivity index (χ1) is 12.0. The first-order valence-electron chi connectivity index (χ1n) is 8.30. The zero-order valence-electron chi connectivity index (χ0n) is 14.7. The summed E-state index contributed by atoms with van der Waals surface area (Å²) in [5, 5.41) is 0. The van der Waals surface area contributed by atoms with E-state index in [2.05, 4.69) is 22.0 Å². The standard InChI is InChI=1S/C20H22BrNO3/c1-13(23)22-9-8-14-11-19(24-2)20(25-3)12-16(14)18(22)10-15-6-4-5-7-17(15)21/h4-7,11-12,18H,8-10H2,1-3H3. The number of hydrogen-bond donors (Lipinski definition) is 0. The van der Waals surface area contributed by atoms with E-state index in [9.17, 15) is 4.79 Å². The van der Waals surface area contributed by atoms with Crippen LogP contribution in [-0.4, -0.2) is 31.6 Å². The summed E-state index contributed by atoms with van der Waals surface area (Å²) in [5.41, 5.74) is 3.53. The molecule has 0 bridgehead atoms. The Morgan fingerprint density at radius 3 is 2.52 bits per heavy atom. The fourth-order valence-electron chi connectivity index (χ4n) is 3.50. The lowest BCUT2D eigenvalue weighted by Crippen LogP contribution is -2.39. The Bertz CT molecular complexity index is 791. The molecule has 0 aromatic heterocycles. The summed E-state index contributed by atoms with van der Waals surface area (Å²) in [6.45, 7) is 2.35. The zero-order valence-corrected chi connectivity index (χ0v) is 16.3. The molecule has 1 aliphatic rings. The third-order valence-corrected chi connectivity index (χ3v) is 5.55. The number of fused-ring (bicyclic) bond motifs is 1. The molecule has 2 aromatic rings. The van der Waals surface area contributed by atoms with Crippen molar-refractivity contribution in [2.75, 3.05) is 20.8 Å². The molecule has 2 aromatic carbocycles. The molecule has 0 N–H and O–H groups in total. The average molecular weight is 404 g/mol. The van der Waals surface area contributed by atoms with Gasteiger partial charge in [-0.15, -0.1) is 0 Å². The molecule has 0 aliphatic carbocycles. The number of benzene rings is 2. The SMILES string of the molecule is COc1cc2c(cc1OC)C(Cc1ccccc1Br)N(C(C)=O)CC2. The van der Waals surface area contributed by atoms with Gasteiger partial charge in [-0.05, 0) is 47.7 Å². The van der Waals surface area contributed by atoms with E-state index in [1.54, 1.807) is 21.1 Å². The third-order valence-electron chi connectivity index (χ3n) is 4.78. The highest BCUT2D eigenvalue weighted by Crippen LogP contribution is 2.40. The van der Waals surface area contributed by atoms with Gasteiger partial charge >= 0.3 is 0 Å². The van der Waals surface area contributed by atoms with Crippen LogP contribution < -0.4 is 9.47 Å². The summed E-state index contributed by atoms with van der Waals surface area (Å²) in [6.07, 6.45) is 1.57. The van der Waals surface area contributed by atoms with Crippen molar-refractivity contribution in [3.8, 4) is 11.5 Å². The molecule has 0 fully saturated rings. The van der Waals surface area contributed by atoms with Crippen LogP contribution in [0.25, 0.3) is 0 Å². The highest BCUT2D eigenvalue weighted by molar-refractivity contribution is 9.10. The van der Waals surface area contributed by atoms with Crippen LogP contribution in [-0.2, 0) is 17.6 Å². The molecule has 0 saturated carbocycles. The molecular formula is C20H22BrNO3. The first kappa shape index (κ1) is 17.8. The van der Waals surface area contributed by atoms with E-state index in [1.165, 1.54) is 11.1 Å². The number of carbonyl (C=O) groups excluding carboxylic acids is 1. The first-order valence-corrected chi connectivity index (χ1v) is 9.09. The molecule has 5 heteroatoms. The third kappa shape index (κ3) is 3.52. The summed E-state index contributed by atoms with van der Waals surface area (Å²) in [4.78, 5) is 14.2. The van der Waals surface area contributed by atoms with Crippen molar-refractivity contribution in [3.63, 3.8) is 0 Å². The molecule has 4 nitrogen and oxygen atoms in total. The van der Waals surface area contributed by atoms with E-state index in [4.69, 9.17) is 9.47 Å². The molecule has 1 amide bonds. The Hall–Kier alpha value is -2.01. The number of hydrogen-bond acceptors (Lipinski definition) is 3. The van der Waals surface area contributed by atoms with Crippen LogP contribution in [0.3, 0.4) is 0 Å². The Morgan fingerprint density at radius 1 is 1.20 bits per heavy atom. The van der Waals surface area contributed by atoms with E-state index in [0.717, 1.165) is 28.6 Å². The normalized spacial score (nSPS) is 16.3. The smallest absolute Gasteiger partial charge is 0.219 e. The quantitative estimate of drug-likeness (QED) is 0.769. The topological polar surface area (TPSA) is 38.8 Å². The predicted octanol–water partition coefficient (Wildman–Crippen LogP) is 4.15. The number of nitrogens with zero attached hydrogens (tertiary/aromatic N) is 1. The van der Waals surface area contributed by atoms with Gasteiger partial charge in [-0.25, -0.2) is 0 Å². The number of methoxy groups -OCH3 is 2. The molecule has 1 unspecified atom stereocenters. The highest BCUT2D eigenvalue weighted by Gasteiger charge is 2.31. The molecular weight excluding hydrogens is 382 g/mol. The van der Waals surface area contributed by atoms with Crippen molar-refractivity contribution < 1.29 is 14.3 Å². The van der Waals surface area contributed by atoms with Crippen molar-refractivity contribution in [1.29, 1.82) is 0 Å². The minimum Gasteiger partial charge on any atom is -0.493 e. The Morgan fingerprint density at radius 2 is 1.88 bits per heavy atom. The lowest BCUT2D eigenvalue weighted by atomic mass is 9.88. The van der Waals surface area contributed by atoms with Crippen LogP contribution >= 0.6 is 15.9 Å². The summed E-state index contributed by atoms with van der Waals surface area (Å²) >= 11 is 3.62. The van der Waals surface area contributed by atoms with Gasteiger partial charge in [0.1, 0.15) is 0 Å². The van der Waals surface area contributed by atoms with E-state index in [-0.39, 0.29) is 11.9 Å². The van der Waals surface area contributed by atoms with Crippen molar-refractivity contribution in [3.05, 3.63) is 57.6 Å². The van der Waals surface area contributed by atoms with Crippen LogP contribution in [0.4, 0.5) is 0 Å². The van der Waals surface area contributed by atoms with Crippen molar-refractivity contribution in [1.82, 2.24) is 4.90 Å². The molecule has 132 valence electrons. The molecule has 25 heavy (non-hydrogen) atoms. The molecule has 0 saturated heterocycles. The Balaban J connectivity index is 2.07. The summed E-state index contributed by atoms with van der Waals surface area (Å²) in [6, 6.07) is 12.2. The van der Waals surface area contributed by atoms with Crippen LogP contribution in [0.5, 0.6) is 11.5 Å². The number of amides is 1. The van der Waals surface area contributed by atoms with Crippen molar-refractivity contribution in [2.45, 2.75) is 25.8 Å². The zero-order chi connectivity index (χ0) is 18.0. The van der Waals surface area contributed by atoms with E-state index < -0.39 is 0 Å². The Labute approximate surface area is 156 Å². The largest absolute Gasteiger partial charge is 0.493 e. The van der Waals surface area contributed by atoms with E-state index in [1.807, 2.05) is 35.2 Å². The Kier molecular flexibility index (Phi) is 5.33. The highest BCUT2D eigenvalue weighted by atomic mass is 79.9. The fraction of sp³-hybridized carbons (Fsp3) is 0.350. The fourth-order valence-corrected chi connectivity index (χ4v) is 3.94. The van der Waals surface area contributed by atoms with Crippen LogP contribution in [0, 0.1) is 0 Å². The van der Waals surface area contributed by atoms with Crippen LogP contribution in [0.15, 0.2) is 40.9 Å². The van der Waals surface area contributed by atoms with Gasteiger partial charge in [0.2, 0.25) is 5.91 Å². The van der Waals surface area contributed by atoms with Crippen LogP contribution in [0.2, 0.25) is 0 Å². The number of carbonyl (C=O) groups is 1. The minimum absolute atomic E-state index is 0.0141. The van der Waals surface area contributed by atoms with E-state index in [0.29, 0.717) is 12.3 Å². The van der Waals surface area contributed by atoms with Gasteiger partial charge < -0.3 is 14.4 Å². The van der Waals surface area contributed by atoms with Crippen molar-refractivity contribution >= 4 is 21.8 Å². The molecule has 1 atom stereocenters. The maximum absolute atomic E-state index is 12.2. The molecule has 3 rings (SSSR count). The van der Waals surface area contributed by atoms with Crippen LogP contribution in [0.1, 0.15) is 29.7 Å². The van der Waals surface area contributed by atoms with Gasteiger partial charge in [-0.3, -0.25) is 4.79 Å².